The largest absolute Gasteiger partial charge is 0.439 e. The Balaban J connectivity index is 1.94. The van der Waals surface area contributed by atoms with Crippen molar-refractivity contribution in [3.63, 3.8) is 0 Å². The monoisotopic (exact) mass is 437 g/mol. The third kappa shape index (κ3) is 6.28. The quantitative estimate of drug-likeness (QED) is 0.372. The summed E-state index contributed by atoms with van der Waals surface area (Å²) in [6.45, 7) is 9.83. The van der Waals surface area contributed by atoms with Gasteiger partial charge < -0.3 is 9.84 Å². The molecular formula is C26H32FN3O2. The van der Waals surface area contributed by atoms with E-state index in [4.69, 9.17) is 9.84 Å². The molecule has 0 bridgehead atoms. The minimum Gasteiger partial charge on any atom is -0.439 e. The van der Waals surface area contributed by atoms with Gasteiger partial charge in [-0.2, -0.15) is 5.10 Å². The van der Waals surface area contributed by atoms with Gasteiger partial charge in [0.15, 0.2) is 0 Å². The molecule has 3 rings (SSSR count). The Bertz CT molecular complexity index is 986. The Labute approximate surface area is 189 Å². The lowest BCUT2D eigenvalue weighted by Crippen LogP contribution is -2.33. The van der Waals surface area contributed by atoms with Crippen LogP contribution >= 0.6 is 0 Å². The molecule has 1 aromatic heterocycles. The number of para-hydroxylation sites is 1. The zero-order valence-corrected chi connectivity index (χ0v) is 18.9. The third-order valence-electron chi connectivity index (χ3n) is 5.26. The zero-order chi connectivity index (χ0) is 22.9. The summed E-state index contributed by atoms with van der Waals surface area (Å²) < 4.78 is 21.4. The molecule has 32 heavy (non-hydrogen) atoms. The van der Waals surface area contributed by atoms with Gasteiger partial charge in [0.05, 0.1) is 23.0 Å². The fraction of sp³-hybridized carbons (Fsp3) is 0.346. The zero-order valence-electron chi connectivity index (χ0n) is 18.9. The Morgan fingerprint density at radius 2 is 1.91 bits per heavy atom. The lowest BCUT2D eigenvalue weighted by molar-refractivity contribution is 0.102. The molecule has 0 saturated carbocycles. The topological polar surface area (TPSA) is 50.5 Å². The van der Waals surface area contributed by atoms with Gasteiger partial charge in [-0.15, -0.1) is 6.58 Å². The molecule has 0 radical (unpaired) electrons. The smallest absolute Gasteiger partial charge is 0.227 e. The van der Waals surface area contributed by atoms with Gasteiger partial charge in [-0.05, 0) is 69.1 Å². The maximum Gasteiger partial charge on any atom is 0.227 e. The molecule has 170 valence electrons. The number of nitrogens with zero attached hydrogens (tertiary/aromatic N) is 3. The van der Waals surface area contributed by atoms with Crippen molar-refractivity contribution in [2.24, 2.45) is 0 Å². The minimum absolute atomic E-state index is 0.312. The highest BCUT2D eigenvalue weighted by Gasteiger charge is 2.22. The van der Waals surface area contributed by atoms with Gasteiger partial charge in [-0.1, -0.05) is 31.2 Å². The number of aromatic nitrogens is 2. The Morgan fingerprint density at radius 3 is 2.56 bits per heavy atom. The number of hydrogen-bond acceptors (Lipinski definition) is 4. The SMILES string of the molecule is C=CCCC(O)CN(CCC)Cc1c(C)nn(-c2ccccc2)c1Oc1ccc(F)cc1. The number of benzene rings is 2. The van der Waals surface area contributed by atoms with Crippen LogP contribution < -0.4 is 4.74 Å². The maximum atomic E-state index is 13.4. The van der Waals surface area contributed by atoms with E-state index in [1.54, 1.807) is 16.8 Å². The van der Waals surface area contributed by atoms with Crippen molar-refractivity contribution in [3.05, 3.63) is 84.3 Å². The number of rotatable bonds is 12. The highest BCUT2D eigenvalue weighted by molar-refractivity contribution is 5.43. The first kappa shape index (κ1) is 23.7. The Hall–Kier alpha value is -2.96. The average molecular weight is 438 g/mol. The van der Waals surface area contributed by atoms with E-state index < -0.39 is 6.10 Å². The highest BCUT2D eigenvalue weighted by atomic mass is 19.1. The number of aliphatic hydroxyl groups is 1. The number of allylic oxidation sites excluding steroid dienone is 1. The molecule has 0 saturated heterocycles. The van der Waals surface area contributed by atoms with Crippen LogP contribution in [0.5, 0.6) is 11.6 Å². The van der Waals surface area contributed by atoms with E-state index in [1.807, 2.05) is 43.3 Å². The number of ether oxygens (including phenoxy) is 1. The average Bonchev–Trinajstić information content (AvgIpc) is 3.09. The van der Waals surface area contributed by atoms with Crippen LogP contribution in [0.1, 0.15) is 37.4 Å². The van der Waals surface area contributed by atoms with E-state index in [9.17, 15) is 9.50 Å². The second-order valence-electron chi connectivity index (χ2n) is 7.93. The highest BCUT2D eigenvalue weighted by Crippen LogP contribution is 2.32. The first-order chi connectivity index (χ1) is 15.5. The van der Waals surface area contributed by atoms with Gasteiger partial charge >= 0.3 is 0 Å². The number of halogens is 1. The van der Waals surface area contributed by atoms with E-state index in [0.29, 0.717) is 31.1 Å². The molecule has 0 fully saturated rings. The summed E-state index contributed by atoms with van der Waals surface area (Å²) in [6, 6.07) is 15.8. The van der Waals surface area contributed by atoms with E-state index in [2.05, 4.69) is 18.4 Å². The minimum atomic E-state index is -0.425. The molecule has 0 amide bonds. The molecular weight excluding hydrogens is 405 g/mol. The van der Waals surface area contributed by atoms with Gasteiger partial charge in [-0.3, -0.25) is 4.90 Å². The van der Waals surface area contributed by atoms with Crippen molar-refractivity contribution >= 4 is 0 Å². The summed E-state index contributed by atoms with van der Waals surface area (Å²) in [5, 5.41) is 15.2. The lowest BCUT2D eigenvalue weighted by atomic mass is 10.1. The summed E-state index contributed by atoms with van der Waals surface area (Å²) in [4.78, 5) is 2.23. The van der Waals surface area contributed by atoms with Gasteiger partial charge in [-0.25, -0.2) is 9.07 Å². The molecule has 3 aromatic rings. The molecule has 1 atom stereocenters. The van der Waals surface area contributed by atoms with E-state index in [1.165, 1.54) is 12.1 Å². The molecule has 2 aromatic carbocycles. The molecule has 1 heterocycles. The number of aryl methyl sites for hydroxylation is 1. The second kappa shape index (κ2) is 11.6. The van der Waals surface area contributed by atoms with Crippen LogP contribution in [0.25, 0.3) is 5.69 Å². The van der Waals surface area contributed by atoms with Crippen LogP contribution in [0.2, 0.25) is 0 Å². The van der Waals surface area contributed by atoms with Crippen LogP contribution in [-0.2, 0) is 6.54 Å². The summed E-state index contributed by atoms with van der Waals surface area (Å²) in [7, 11) is 0. The van der Waals surface area contributed by atoms with Crippen molar-refractivity contribution in [2.45, 2.75) is 45.8 Å². The number of aliphatic hydroxyl groups excluding tert-OH is 1. The van der Waals surface area contributed by atoms with E-state index in [-0.39, 0.29) is 5.82 Å². The van der Waals surface area contributed by atoms with Gasteiger partial charge in [0, 0.05) is 13.1 Å². The van der Waals surface area contributed by atoms with Gasteiger partial charge in [0.25, 0.3) is 0 Å². The molecule has 5 nitrogen and oxygen atoms in total. The first-order valence-electron chi connectivity index (χ1n) is 11.1. The van der Waals surface area contributed by atoms with E-state index >= 15 is 0 Å². The number of hydrogen-bond donors (Lipinski definition) is 1. The molecule has 6 heteroatoms. The van der Waals surface area contributed by atoms with Crippen LogP contribution in [0.4, 0.5) is 4.39 Å². The van der Waals surface area contributed by atoms with Crippen molar-refractivity contribution in [1.29, 1.82) is 0 Å². The summed E-state index contributed by atoms with van der Waals surface area (Å²) in [5.41, 5.74) is 2.68. The Kier molecular flexibility index (Phi) is 8.59. The normalized spacial score (nSPS) is 12.2. The third-order valence-corrected chi connectivity index (χ3v) is 5.26. The van der Waals surface area contributed by atoms with Crippen molar-refractivity contribution in [1.82, 2.24) is 14.7 Å². The van der Waals surface area contributed by atoms with Crippen LogP contribution in [0, 0.1) is 12.7 Å². The predicted molar refractivity (Wildman–Crippen MR) is 126 cm³/mol. The standard InChI is InChI=1S/C26H32FN3O2/c1-4-6-12-23(31)18-29(17-5-2)19-25-20(3)28-30(22-10-8-7-9-11-22)26(25)32-24-15-13-21(27)14-16-24/h4,7-11,13-16,23,31H,1,5-6,12,17-19H2,2-3H3. The molecule has 0 aliphatic carbocycles. The molecule has 1 N–H and O–H groups in total. The fourth-order valence-electron chi connectivity index (χ4n) is 3.66. The maximum absolute atomic E-state index is 13.4. The van der Waals surface area contributed by atoms with Crippen molar-refractivity contribution < 1.29 is 14.2 Å². The molecule has 0 aliphatic heterocycles. The molecule has 0 aliphatic rings. The van der Waals surface area contributed by atoms with Crippen LogP contribution in [-0.4, -0.2) is 39.0 Å². The molecule has 0 spiro atoms. The summed E-state index contributed by atoms with van der Waals surface area (Å²) in [5.74, 6) is 0.827. The fourth-order valence-corrected chi connectivity index (χ4v) is 3.66. The van der Waals surface area contributed by atoms with Gasteiger partial charge in [0.1, 0.15) is 11.6 Å². The first-order valence-corrected chi connectivity index (χ1v) is 11.1. The van der Waals surface area contributed by atoms with E-state index in [0.717, 1.165) is 36.3 Å². The molecule has 1 unspecified atom stereocenters. The van der Waals surface area contributed by atoms with Crippen LogP contribution in [0.3, 0.4) is 0 Å². The predicted octanol–water partition coefficient (Wildman–Crippen LogP) is 5.65. The van der Waals surface area contributed by atoms with Crippen LogP contribution in [0.15, 0.2) is 67.3 Å². The van der Waals surface area contributed by atoms with Crippen molar-refractivity contribution in [3.8, 4) is 17.3 Å². The summed E-state index contributed by atoms with van der Waals surface area (Å²) in [6.07, 6.45) is 3.84. The lowest BCUT2D eigenvalue weighted by Gasteiger charge is -2.25. The Morgan fingerprint density at radius 1 is 1.19 bits per heavy atom. The van der Waals surface area contributed by atoms with Crippen molar-refractivity contribution in [2.75, 3.05) is 13.1 Å². The summed E-state index contributed by atoms with van der Waals surface area (Å²) >= 11 is 0. The van der Waals surface area contributed by atoms with Gasteiger partial charge in [0.2, 0.25) is 5.88 Å². The second-order valence-corrected chi connectivity index (χ2v) is 7.93.